The van der Waals surface area contributed by atoms with Crippen LogP contribution >= 0.6 is 35.0 Å². The molecular formula is C22H23Cl2N5O2S. The molecule has 0 unspecified atom stereocenters. The molecule has 1 N–H and O–H groups in total. The number of anilines is 1. The Balaban J connectivity index is 1.46. The van der Waals surface area contributed by atoms with Gasteiger partial charge >= 0.3 is 0 Å². The lowest BCUT2D eigenvalue weighted by Crippen LogP contribution is -2.38. The van der Waals surface area contributed by atoms with Gasteiger partial charge in [0.05, 0.1) is 19.0 Å². The van der Waals surface area contributed by atoms with Gasteiger partial charge in [0.1, 0.15) is 0 Å². The Bertz CT molecular complexity index is 1040. The van der Waals surface area contributed by atoms with Crippen LogP contribution in [0.5, 0.6) is 0 Å². The van der Waals surface area contributed by atoms with Crippen LogP contribution in [0.4, 0.5) is 5.69 Å². The molecule has 1 fully saturated rings. The minimum absolute atomic E-state index is 0.118. The number of thioether (sulfide) groups is 1. The number of carbonyl (C=O) groups excluding carboxylic acids is 1. The van der Waals surface area contributed by atoms with Gasteiger partial charge in [0, 0.05) is 47.5 Å². The van der Waals surface area contributed by atoms with Crippen molar-refractivity contribution in [3.05, 3.63) is 58.6 Å². The first-order chi connectivity index (χ1) is 15.6. The van der Waals surface area contributed by atoms with Crippen LogP contribution < -0.4 is 5.32 Å². The number of rotatable bonds is 8. The summed E-state index contributed by atoms with van der Waals surface area (Å²) in [6, 6.07) is 14.6. The molecule has 32 heavy (non-hydrogen) atoms. The number of nitrogens with one attached hydrogen (secondary N) is 1. The second kappa shape index (κ2) is 11.2. The SMILES string of the molecule is O=C(CSc1nnc(-c2ccc(Cl)cc2)n1CCN1CCOCC1)Nc1ccc(Cl)cc1. The van der Waals surface area contributed by atoms with E-state index in [-0.39, 0.29) is 11.7 Å². The molecule has 0 atom stereocenters. The van der Waals surface area contributed by atoms with E-state index in [0.29, 0.717) is 27.4 Å². The lowest BCUT2D eigenvalue weighted by atomic mass is 10.2. The smallest absolute Gasteiger partial charge is 0.234 e. The van der Waals surface area contributed by atoms with Gasteiger partial charge < -0.3 is 14.6 Å². The van der Waals surface area contributed by atoms with Gasteiger partial charge in [-0.1, -0.05) is 35.0 Å². The quantitative estimate of drug-likeness (QED) is 0.473. The van der Waals surface area contributed by atoms with E-state index < -0.39 is 0 Å². The third kappa shape index (κ3) is 6.24. The molecule has 1 amide bonds. The predicted molar refractivity (Wildman–Crippen MR) is 129 cm³/mol. The van der Waals surface area contributed by atoms with Crippen LogP contribution in [0.25, 0.3) is 11.4 Å². The van der Waals surface area contributed by atoms with Crippen molar-refractivity contribution in [2.45, 2.75) is 11.7 Å². The average molecular weight is 492 g/mol. The van der Waals surface area contributed by atoms with E-state index in [1.807, 2.05) is 24.3 Å². The predicted octanol–water partition coefficient (Wildman–Crippen LogP) is 4.31. The highest BCUT2D eigenvalue weighted by Crippen LogP contribution is 2.25. The first-order valence-electron chi connectivity index (χ1n) is 10.3. The Kier molecular flexibility index (Phi) is 8.05. The average Bonchev–Trinajstić information content (AvgIpc) is 3.22. The number of carbonyl (C=O) groups is 1. The Hall–Kier alpha value is -2.10. The van der Waals surface area contributed by atoms with Gasteiger partial charge in [-0.25, -0.2) is 0 Å². The fourth-order valence-electron chi connectivity index (χ4n) is 3.34. The van der Waals surface area contributed by atoms with E-state index in [0.717, 1.165) is 44.2 Å². The number of amides is 1. The van der Waals surface area contributed by atoms with Crippen molar-refractivity contribution in [1.29, 1.82) is 0 Å². The zero-order valence-electron chi connectivity index (χ0n) is 17.3. The Morgan fingerprint density at radius 3 is 2.31 bits per heavy atom. The normalized spacial score (nSPS) is 14.4. The summed E-state index contributed by atoms with van der Waals surface area (Å²) < 4.78 is 7.51. The molecule has 1 aliphatic heterocycles. The number of aromatic nitrogens is 3. The second-order valence-corrected chi connectivity index (χ2v) is 9.08. The third-order valence-electron chi connectivity index (χ3n) is 5.02. The van der Waals surface area contributed by atoms with E-state index in [4.69, 9.17) is 27.9 Å². The van der Waals surface area contributed by atoms with Gasteiger partial charge in [0.15, 0.2) is 11.0 Å². The largest absolute Gasteiger partial charge is 0.379 e. The summed E-state index contributed by atoms with van der Waals surface area (Å²) in [4.78, 5) is 14.8. The number of hydrogen-bond acceptors (Lipinski definition) is 6. The fourth-order valence-corrected chi connectivity index (χ4v) is 4.35. The zero-order valence-corrected chi connectivity index (χ0v) is 19.7. The highest BCUT2D eigenvalue weighted by atomic mass is 35.5. The fraction of sp³-hybridized carbons (Fsp3) is 0.318. The lowest BCUT2D eigenvalue weighted by molar-refractivity contribution is -0.113. The van der Waals surface area contributed by atoms with Crippen LogP contribution in [-0.2, 0) is 16.1 Å². The summed E-state index contributed by atoms with van der Waals surface area (Å²) in [5.74, 6) is 0.863. The number of benzene rings is 2. The van der Waals surface area contributed by atoms with Gasteiger partial charge in [0.2, 0.25) is 5.91 Å². The molecule has 1 saturated heterocycles. The molecule has 0 aliphatic carbocycles. The maximum Gasteiger partial charge on any atom is 0.234 e. The highest BCUT2D eigenvalue weighted by molar-refractivity contribution is 7.99. The monoisotopic (exact) mass is 491 g/mol. The molecular weight excluding hydrogens is 469 g/mol. The van der Waals surface area contributed by atoms with Crippen LogP contribution in [0.15, 0.2) is 53.7 Å². The van der Waals surface area contributed by atoms with Gasteiger partial charge in [-0.2, -0.15) is 0 Å². The molecule has 1 aromatic heterocycles. The molecule has 1 aliphatic rings. The van der Waals surface area contributed by atoms with Crippen LogP contribution in [0.1, 0.15) is 0 Å². The van der Waals surface area contributed by atoms with Gasteiger partial charge in [-0.15, -0.1) is 10.2 Å². The molecule has 0 bridgehead atoms. The number of morpholine rings is 1. The summed E-state index contributed by atoms with van der Waals surface area (Å²) in [6.07, 6.45) is 0. The number of halogens is 2. The molecule has 7 nitrogen and oxygen atoms in total. The summed E-state index contributed by atoms with van der Waals surface area (Å²) in [5, 5.41) is 13.7. The number of hydrogen-bond donors (Lipinski definition) is 1. The van der Waals surface area contributed by atoms with Crippen molar-refractivity contribution in [3.8, 4) is 11.4 Å². The van der Waals surface area contributed by atoms with Crippen molar-refractivity contribution < 1.29 is 9.53 Å². The molecule has 0 radical (unpaired) electrons. The van der Waals surface area contributed by atoms with E-state index in [9.17, 15) is 4.79 Å². The molecule has 0 saturated carbocycles. The van der Waals surface area contributed by atoms with E-state index >= 15 is 0 Å². The second-order valence-electron chi connectivity index (χ2n) is 7.26. The number of ether oxygens (including phenoxy) is 1. The highest BCUT2D eigenvalue weighted by Gasteiger charge is 2.18. The summed E-state index contributed by atoms with van der Waals surface area (Å²) in [6.45, 7) is 4.88. The van der Waals surface area contributed by atoms with Crippen LogP contribution in [0.3, 0.4) is 0 Å². The van der Waals surface area contributed by atoms with Crippen LogP contribution in [0, 0.1) is 0 Å². The molecule has 2 heterocycles. The van der Waals surface area contributed by atoms with Gasteiger partial charge in [0.25, 0.3) is 0 Å². The van der Waals surface area contributed by atoms with E-state index in [1.54, 1.807) is 24.3 Å². The van der Waals surface area contributed by atoms with Crippen molar-refractivity contribution in [2.24, 2.45) is 0 Å². The van der Waals surface area contributed by atoms with Gasteiger partial charge in [-0.3, -0.25) is 9.69 Å². The van der Waals surface area contributed by atoms with E-state index in [2.05, 4.69) is 25.0 Å². The van der Waals surface area contributed by atoms with Crippen LogP contribution in [0.2, 0.25) is 10.0 Å². The molecule has 10 heteroatoms. The van der Waals surface area contributed by atoms with Crippen molar-refractivity contribution in [1.82, 2.24) is 19.7 Å². The third-order valence-corrected chi connectivity index (χ3v) is 6.49. The topological polar surface area (TPSA) is 72.3 Å². The summed E-state index contributed by atoms with van der Waals surface area (Å²) in [7, 11) is 0. The maximum absolute atomic E-state index is 12.4. The van der Waals surface area contributed by atoms with Crippen molar-refractivity contribution in [3.63, 3.8) is 0 Å². The zero-order chi connectivity index (χ0) is 22.3. The molecule has 168 valence electrons. The molecule has 2 aromatic carbocycles. The van der Waals surface area contributed by atoms with Crippen molar-refractivity contribution in [2.75, 3.05) is 43.9 Å². The Morgan fingerprint density at radius 1 is 0.969 bits per heavy atom. The van der Waals surface area contributed by atoms with E-state index in [1.165, 1.54) is 11.8 Å². The molecule has 3 aromatic rings. The summed E-state index contributed by atoms with van der Waals surface area (Å²) >= 11 is 13.3. The maximum atomic E-state index is 12.4. The minimum Gasteiger partial charge on any atom is -0.379 e. The first-order valence-corrected chi connectivity index (χ1v) is 12.0. The lowest BCUT2D eigenvalue weighted by Gasteiger charge is -2.27. The van der Waals surface area contributed by atoms with Gasteiger partial charge in [-0.05, 0) is 48.5 Å². The standard InChI is InChI=1S/C22H23Cl2N5O2S/c23-17-3-1-16(2-4-17)21-26-27-22(29(21)10-9-28-11-13-31-14-12-28)32-15-20(30)25-19-7-5-18(24)6-8-19/h1-8H,9-15H2,(H,25,30). The summed E-state index contributed by atoms with van der Waals surface area (Å²) in [5.41, 5.74) is 1.64. The number of nitrogens with zero attached hydrogens (tertiary/aromatic N) is 4. The first kappa shape index (κ1) is 23.1. The molecule has 0 spiro atoms. The van der Waals surface area contributed by atoms with Crippen LogP contribution in [-0.4, -0.2) is 64.2 Å². The molecule has 4 rings (SSSR count). The Labute approximate surface area is 201 Å². The Morgan fingerprint density at radius 2 is 1.62 bits per heavy atom. The van der Waals surface area contributed by atoms with Crippen molar-refractivity contribution >= 4 is 46.6 Å². The minimum atomic E-state index is -0.118.